The van der Waals surface area contributed by atoms with Gasteiger partial charge in [-0.3, -0.25) is 0 Å². The van der Waals surface area contributed by atoms with E-state index >= 15 is 0 Å². The summed E-state index contributed by atoms with van der Waals surface area (Å²) in [6.45, 7) is 2.29. The number of fused-ring (bicyclic) bond motifs is 2. The molecular weight excluding hydrogens is 497 g/mol. The van der Waals surface area contributed by atoms with Gasteiger partial charge < -0.3 is 0 Å². The molecule has 0 saturated carbocycles. The molecule has 0 bridgehead atoms. The first-order valence-corrected chi connectivity index (χ1v) is 16.1. The van der Waals surface area contributed by atoms with Gasteiger partial charge in [0.1, 0.15) is 0 Å². The number of unbranched alkanes of at least 4 members (excludes halogenated alkanes) is 9. The molecule has 5 rings (SSSR count). The van der Waals surface area contributed by atoms with Crippen LogP contribution in [0.5, 0.6) is 0 Å². The maximum Gasteiger partial charge on any atom is 0.0779 e. The van der Waals surface area contributed by atoms with Crippen LogP contribution < -0.4 is 0 Å². The van der Waals surface area contributed by atoms with Crippen molar-refractivity contribution in [2.24, 2.45) is 0 Å². The number of hydrogen-bond donors (Lipinski definition) is 0. The van der Waals surface area contributed by atoms with Crippen molar-refractivity contribution in [2.45, 2.75) is 77.6 Å². The molecule has 0 N–H and O–H groups in total. The van der Waals surface area contributed by atoms with Gasteiger partial charge in [-0.25, -0.2) is 0 Å². The van der Waals surface area contributed by atoms with Gasteiger partial charge >= 0.3 is 0 Å². The Hall–Kier alpha value is -2.86. The van der Waals surface area contributed by atoms with Crippen LogP contribution in [0.2, 0.25) is 0 Å². The molecule has 0 aliphatic carbocycles. The van der Waals surface area contributed by atoms with E-state index in [9.17, 15) is 0 Å². The second kappa shape index (κ2) is 13.8. The molecule has 3 aromatic carbocycles. The fourth-order valence-electron chi connectivity index (χ4n) is 5.12. The number of hydrogen-bond acceptors (Lipinski definition) is 2. The summed E-state index contributed by atoms with van der Waals surface area (Å²) in [5.74, 6) is 6.80. The lowest BCUT2D eigenvalue weighted by Gasteiger charge is -2.02. The molecule has 2 heterocycles. The van der Waals surface area contributed by atoms with Crippen LogP contribution in [0.15, 0.2) is 78.9 Å². The predicted octanol–water partition coefficient (Wildman–Crippen LogP) is 11.6. The first kappa shape index (κ1) is 26.7. The van der Waals surface area contributed by atoms with Gasteiger partial charge in [0.2, 0.25) is 0 Å². The lowest BCUT2D eigenvalue weighted by Crippen LogP contribution is -1.84. The van der Waals surface area contributed by atoms with Gasteiger partial charge in [-0.2, -0.15) is 0 Å². The Morgan fingerprint density at radius 1 is 0.526 bits per heavy atom. The third-order valence-corrected chi connectivity index (χ3v) is 9.66. The molecule has 0 unspecified atom stereocenters. The van der Waals surface area contributed by atoms with E-state index in [0.29, 0.717) is 0 Å². The zero-order valence-electron chi connectivity index (χ0n) is 22.6. The predicted molar refractivity (Wildman–Crippen MR) is 171 cm³/mol. The Balaban J connectivity index is 1.12. The van der Waals surface area contributed by atoms with Gasteiger partial charge in [-0.1, -0.05) is 107 Å². The molecule has 38 heavy (non-hydrogen) atoms. The van der Waals surface area contributed by atoms with Gasteiger partial charge in [-0.15, -0.1) is 22.7 Å². The average Bonchev–Trinajstić information content (AvgIpc) is 3.61. The molecule has 0 amide bonds. The molecule has 0 radical (unpaired) electrons. The maximum absolute atomic E-state index is 3.41. The smallest absolute Gasteiger partial charge is 0.0779 e. The Kier molecular flexibility index (Phi) is 9.70. The molecule has 0 spiro atoms. The first-order valence-electron chi connectivity index (χ1n) is 14.4. The van der Waals surface area contributed by atoms with Gasteiger partial charge in [0, 0.05) is 20.2 Å². The molecule has 2 heteroatoms. The van der Waals surface area contributed by atoms with Crippen LogP contribution in [0.4, 0.5) is 0 Å². The van der Waals surface area contributed by atoms with E-state index in [0.717, 1.165) is 10.4 Å². The third kappa shape index (κ3) is 7.37. The molecule has 0 aliphatic rings. The summed E-state index contributed by atoms with van der Waals surface area (Å²) >= 11 is 3.76. The number of aryl methyl sites for hydroxylation is 1. The van der Waals surface area contributed by atoms with E-state index in [4.69, 9.17) is 0 Å². The lowest BCUT2D eigenvalue weighted by atomic mass is 10.0. The monoisotopic (exact) mass is 534 g/mol. The van der Waals surface area contributed by atoms with Crippen LogP contribution in [0.25, 0.3) is 31.3 Å². The fourth-order valence-corrected chi connectivity index (χ4v) is 7.12. The second-order valence-electron chi connectivity index (χ2n) is 10.4. The van der Waals surface area contributed by atoms with Crippen molar-refractivity contribution >= 4 is 44.2 Å². The highest BCUT2D eigenvalue weighted by molar-refractivity contribution is 7.22. The van der Waals surface area contributed by atoms with E-state index in [1.165, 1.54) is 107 Å². The minimum absolute atomic E-state index is 1.07. The fraction of sp³-hybridized carbons (Fsp3) is 0.333. The van der Waals surface area contributed by atoms with Crippen LogP contribution in [0.3, 0.4) is 0 Å². The van der Waals surface area contributed by atoms with Crippen LogP contribution in [-0.4, -0.2) is 0 Å². The zero-order chi connectivity index (χ0) is 26.0. The van der Waals surface area contributed by atoms with E-state index in [1.54, 1.807) is 11.3 Å². The minimum atomic E-state index is 1.07. The molecule has 0 atom stereocenters. The average molecular weight is 535 g/mol. The van der Waals surface area contributed by atoms with Gasteiger partial charge in [0.25, 0.3) is 0 Å². The second-order valence-corrected chi connectivity index (χ2v) is 12.6. The summed E-state index contributed by atoms with van der Waals surface area (Å²) in [4.78, 5) is 5.36. The van der Waals surface area contributed by atoms with Crippen LogP contribution in [-0.2, 0) is 6.42 Å². The van der Waals surface area contributed by atoms with Gasteiger partial charge in [-0.05, 0) is 82.9 Å². The summed E-state index contributed by atoms with van der Waals surface area (Å²) in [6, 6.07) is 28.6. The molecule has 0 nitrogen and oxygen atoms in total. The normalized spacial score (nSPS) is 11.2. The largest absolute Gasteiger partial charge is 0.139 e. The molecule has 2 aromatic heterocycles. The lowest BCUT2D eigenvalue weighted by molar-refractivity contribution is 0.557. The van der Waals surface area contributed by atoms with E-state index in [-0.39, 0.29) is 0 Å². The van der Waals surface area contributed by atoms with Crippen LogP contribution in [0.1, 0.15) is 86.4 Å². The van der Waals surface area contributed by atoms with E-state index < -0.39 is 0 Å². The van der Waals surface area contributed by atoms with Crippen molar-refractivity contribution < 1.29 is 0 Å². The number of benzene rings is 3. The first-order chi connectivity index (χ1) is 18.8. The highest BCUT2D eigenvalue weighted by Gasteiger charge is 2.06. The molecule has 0 fully saturated rings. The molecule has 5 aromatic rings. The number of rotatable bonds is 12. The summed E-state index contributed by atoms with van der Waals surface area (Å²) in [6.07, 6.45) is 15.2. The molecule has 0 saturated heterocycles. The van der Waals surface area contributed by atoms with Crippen LogP contribution in [0, 0.1) is 11.8 Å². The molecule has 194 valence electrons. The quantitative estimate of drug-likeness (QED) is 0.0848. The number of thiophene rings is 2. The third-order valence-electron chi connectivity index (χ3n) is 7.32. The van der Waals surface area contributed by atoms with Crippen molar-refractivity contribution in [1.82, 2.24) is 0 Å². The topological polar surface area (TPSA) is 0 Å². The summed E-state index contributed by atoms with van der Waals surface area (Å²) in [5.41, 5.74) is 1.07. The Labute approximate surface area is 236 Å². The van der Waals surface area contributed by atoms with Crippen molar-refractivity contribution in [3.8, 4) is 21.6 Å². The summed E-state index contributed by atoms with van der Waals surface area (Å²) in [5, 5.41) is 5.07. The Morgan fingerprint density at radius 3 is 1.92 bits per heavy atom. The van der Waals surface area contributed by atoms with Gasteiger partial charge in [0.15, 0.2) is 0 Å². The van der Waals surface area contributed by atoms with E-state index in [1.807, 2.05) is 11.3 Å². The van der Waals surface area contributed by atoms with Crippen molar-refractivity contribution in [3.63, 3.8) is 0 Å². The highest BCUT2D eigenvalue weighted by Crippen LogP contribution is 2.34. The standard InChI is InChI=1S/C36H38S2/c1-2-3-4-5-6-7-8-9-10-11-16-33-21-23-35(37-33)36-24-22-34(38-36)20-18-28-17-19-31-26-29-14-12-13-15-30(29)27-32(31)25-28/h12-15,17,19,21-27H,2-11,16H2,1H3. The maximum atomic E-state index is 3.41. The SMILES string of the molecule is CCCCCCCCCCCCc1ccc(-c2ccc(C#Cc3ccc4cc5ccccc5cc4c3)s2)s1. The minimum Gasteiger partial charge on any atom is -0.139 e. The summed E-state index contributed by atoms with van der Waals surface area (Å²) < 4.78 is 0. The van der Waals surface area contributed by atoms with Crippen molar-refractivity contribution in [3.05, 3.63) is 94.2 Å². The van der Waals surface area contributed by atoms with Crippen molar-refractivity contribution in [1.29, 1.82) is 0 Å². The van der Waals surface area contributed by atoms with E-state index in [2.05, 4.69) is 97.6 Å². The van der Waals surface area contributed by atoms with Gasteiger partial charge in [0.05, 0.1) is 4.88 Å². The Bertz CT molecular complexity index is 1520. The van der Waals surface area contributed by atoms with Crippen LogP contribution >= 0.6 is 22.7 Å². The zero-order valence-corrected chi connectivity index (χ0v) is 24.2. The molecular formula is C36H38S2. The summed E-state index contributed by atoms with van der Waals surface area (Å²) in [7, 11) is 0. The highest BCUT2D eigenvalue weighted by atomic mass is 32.1. The molecule has 0 aliphatic heterocycles. The van der Waals surface area contributed by atoms with Crippen molar-refractivity contribution in [2.75, 3.05) is 0 Å². The Morgan fingerprint density at radius 2 is 1.16 bits per heavy atom.